The molecule has 0 saturated heterocycles. The van der Waals surface area contributed by atoms with E-state index >= 15 is 0 Å². The first-order valence-electron chi connectivity index (χ1n) is 10.4. The van der Waals surface area contributed by atoms with Gasteiger partial charge >= 0.3 is 6.03 Å². The molecule has 2 aromatic heterocycles. The molecule has 0 fully saturated rings. The van der Waals surface area contributed by atoms with E-state index in [0.29, 0.717) is 29.0 Å². The summed E-state index contributed by atoms with van der Waals surface area (Å²) >= 11 is 0. The van der Waals surface area contributed by atoms with Gasteiger partial charge in [0.2, 0.25) is 11.8 Å². The third-order valence-electron chi connectivity index (χ3n) is 4.88. The maximum Gasteiger partial charge on any atom is 0.323 e. The molecule has 8 nitrogen and oxygen atoms in total. The number of nitrogens with one attached hydrogen (secondary N) is 3. The number of rotatable bonds is 6. The SMILES string of the molecule is CNc1nccc(-c2cccnc2Oc2ccc(NC(=O)Nc3ccc(C)cc3)cc2C)n1. The number of benzene rings is 2. The van der Waals surface area contributed by atoms with Crippen molar-refractivity contribution in [2.75, 3.05) is 23.0 Å². The summed E-state index contributed by atoms with van der Waals surface area (Å²) < 4.78 is 6.11. The minimum atomic E-state index is -0.317. The highest BCUT2D eigenvalue weighted by Crippen LogP contribution is 2.32. The van der Waals surface area contributed by atoms with Crippen molar-refractivity contribution < 1.29 is 9.53 Å². The van der Waals surface area contributed by atoms with Crippen molar-refractivity contribution in [3.63, 3.8) is 0 Å². The van der Waals surface area contributed by atoms with Gasteiger partial charge in [-0.15, -0.1) is 0 Å². The summed E-state index contributed by atoms with van der Waals surface area (Å²) in [5.41, 5.74) is 4.80. The average Bonchev–Trinajstić information content (AvgIpc) is 2.82. The van der Waals surface area contributed by atoms with Gasteiger partial charge in [0.15, 0.2) is 0 Å². The van der Waals surface area contributed by atoms with Gasteiger partial charge in [-0.2, -0.15) is 0 Å². The first-order valence-corrected chi connectivity index (χ1v) is 10.4. The lowest BCUT2D eigenvalue weighted by molar-refractivity contribution is 0.262. The standard InChI is InChI=1S/C25H24N6O2/c1-16-6-8-18(9-7-16)29-25(32)30-19-10-11-22(17(2)15-19)33-23-20(5-4-13-27-23)21-12-14-28-24(26-3)31-21/h4-15H,1-3H3,(H,26,28,31)(H2,29,30,32). The van der Waals surface area contributed by atoms with Crippen LogP contribution in [0.2, 0.25) is 0 Å². The van der Waals surface area contributed by atoms with E-state index in [2.05, 4.69) is 30.9 Å². The summed E-state index contributed by atoms with van der Waals surface area (Å²) in [6.07, 6.45) is 3.35. The number of carbonyl (C=O) groups excluding carboxylic acids is 1. The van der Waals surface area contributed by atoms with Crippen LogP contribution in [0.15, 0.2) is 73.1 Å². The molecule has 33 heavy (non-hydrogen) atoms. The number of aromatic nitrogens is 3. The molecule has 0 aliphatic heterocycles. The van der Waals surface area contributed by atoms with Crippen LogP contribution < -0.4 is 20.7 Å². The highest BCUT2D eigenvalue weighted by atomic mass is 16.5. The van der Waals surface area contributed by atoms with Gasteiger partial charge in [-0.05, 0) is 67.9 Å². The Labute approximate surface area is 192 Å². The summed E-state index contributed by atoms with van der Waals surface area (Å²) in [6.45, 7) is 3.90. The van der Waals surface area contributed by atoms with Gasteiger partial charge in [0.25, 0.3) is 0 Å². The van der Waals surface area contributed by atoms with E-state index < -0.39 is 0 Å². The topological polar surface area (TPSA) is 101 Å². The Morgan fingerprint density at radius 2 is 1.64 bits per heavy atom. The van der Waals surface area contributed by atoms with E-state index in [-0.39, 0.29) is 6.03 Å². The number of pyridine rings is 1. The minimum absolute atomic E-state index is 0.317. The van der Waals surface area contributed by atoms with E-state index in [1.807, 2.05) is 56.3 Å². The zero-order chi connectivity index (χ0) is 23.2. The number of hydrogen-bond acceptors (Lipinski definition) is 6. The number of carbonyl (C=O) groups is 1. The summed E-state index contributed by atoms with van der Waals surface area (Å²) in [5, 5.41) is 8.59. The number of aryl methyl sites for hydroxylation is 2. The quantitative estimate of drug-likeness (QED) is 0.359. The van der Waals surface area contributed by atoms with Crippen LogP contribution in [0, 0.1) is 13.8 Å². The molecule has 0 unspecified atom stereocenters. The van der Waals surface area contributed by atoms with Crippen molar-refractivity contribution in [2.45, 2.75) is 13.8 Å². The number of nitrogens with zero attached hydrogens (tertiary/aromatic N) is 3. The highest BCUT2D eigenvalue weighted by molar-refractivity contribution is 5.99. The highest BCUT2D eigenvalue weighted by Gasteiger charge is 2.13. The molecule has 0 bridgehead atoms. The third-order valence-corrected chi connectivity index (χ3v) is 4.88. The summed E-state index contributed by atoms with van der Waals surface area (Å²) in [5.74, 6) is 1.57. The van der Waals surface area contributed by atoms with Crippen LogP contribution in [0.3, 0.4) is 0 Å². The minimum Gasteiger partial charge on any atom is -0.438 e. The third kappa shape index (κ3) is 5.43. The Hall–Kier alpha value is -4.46. The van der Waals surface area contributed by atoms with E-state index in [0.717, 1.165) is 22.4 Å². The Kier molecular flexibility index (Phi) is 6.45. The van der Waals surface area contributed by atoms with Crippen molar-refractivity contribution in [2.24, 2.45) is 0 Å². The summed E-state index contributed by atoms with van der Waals surface area (Å²) in [6, 6.07) is 18.2. The summed E-state index contributed by atoms with van der Waals surface area (Å²) in [4.78, 5) is 25.3. The molecule has 2 heterocycles. The molecule has 8 heteroatoms. The van der Waals surface area contributed by atoms with Crippen LogP contribution in [0.25, 0.3) is 11.3 Å². The number of anilines is 3. The lowest BCUT2D eigenvalue weighted by Gasteiger charge is -2.13. The van der Waals surface area contributed by atoms with E-state index in [1.165, 1.54) is 0 Å². The number of hydrogen-bond donors (Lipinski definition) is 3. The number of ether oxygens (including phenoxy) is 1. The van der Waals surface area contributed by atoms with Gasteiger partial charge < -0.3 is 20.7 Å². The molecular formula is C25H24N6O2. The molecule has 0 saturated carbocycles. The van der Waals surface area contributed by atoms with Gasteiger partial charge in [0.1, 0.15) is 5.75 Å². The van der Waals surface area contributed by atoms with Gasteiger partial charge in [-0.25, -0.2) is 19.7 Å². The van der Waals surface area contributed by atoms with Crippen molar-refractivity contribution in [1.29, 1.82) is 0 Å². The van der Waals surface area contributed by atoms with Crippen LogP contribution in [0.5, 0.6) is 11.6 Å². The van der Waals surface area contributed by atoms with E-state index in [1.54, 1.807) is 37.6 Å². The Balaban J connectivity index is 1.49. The van der Waals surface area contributed by atoms with Crippen LogP contribution >= 0.6 is 0 Å². The monoisotopic (exact) mass is 440 g/mol. The second kappa shape index (κ2) is 9.78. The fourth-order valence-corrected chi connectivity index (χ4v) is 3.17. The maximum absolute atomic E-state index is 12.3. The smallest absolute Gasteiger partial charge is 0.323 e. The predicted molar refractivity (Wildman–Crippen MR) is 130 cm³/mol. The maximum atomic E-state index is 12.3. The van der Waals surface area contributed by atoms with Crippen molar-refractivity contribution in [3.05, 3.63) is 84.2 Å². The summed E-state index contributed by atoms with van der Waals surface area (Å²) in [7, 11) is 1.76. The lowest BCUT2D eigenvalue weighted by atomic mass is 10.2. The van der Waals surface area contributed by atoms with Gasteiger partial charge in [-0.3, -0.25) is 0 Å². The molecule has 0 atom stereocenters. The molecule has 0 radical (unpaired) electrons. The van der Waals surface area contributed by atoms with E-state index in [4.69, 9.17) is 4.74 Å². The molecule has 2 amide bonds. The second-order valence-electron chi connectivity index (χ2n) is 7.40. The molecule has 0 spiro atoms. The van der Waals surface area contributed by atoms with Gasteiger partial charge in [0, 0.05) is 30.8 Å². The lowest BCUT2D eigenvalue weighted by Crippen LogP contribution is -2.19. The number of amides is 2. The molecule has 3 N–H and O–H groups in total. The fourth-order valence-electron chi connectivity index (χ4n) is 3.17. The van der Waals surface area contributed by atoms with Crippen LogP contribution in [0.1, 0.15) is 11.1 Å². The molecule has 2 aromatic carbocycles. The fraction of sp³-hybridized carbons (Fsp3) is 0.120. The van der Waals surface area contributed by atoms with Crippen LogP contribution in [-0.4, -0.2) is 28.0 Å². The molecule has 0 aliphatic carbocycles. The number of urea groups is 1. The van der Waals surface area contributed by atoms with Gasteiger partial charge in [-0.1, -0.05) is 17.7 Å². The molecule has 4 rings (SSSR count). The van der Waals surface area contributed by atoms with Crippen LogP contribution in [0.4, 0.5) is 22.1 Å². The first-order chi connectivity index (χ1) is 16.0. The largest absolute Gasteiger partial charge is 0.438 e. The predicted octanol–water partition coefficient (Wildman–Crippen LogP) is 5.63. The molecule has 4 aromatic rings. The molecule has 166 valence electrons. The molecular weight excluding hydrogens is 416 g/mol. The Morgan fingerprint density at radius 3 is 2.39 bits per heavy atom. The Bertz CT molecular complexity index is 1270. The zero-order valence-electron chi connectivity index (χ0n) is 18.6. The normalized spacial score (nSPS) is 10.4. The average molecular weight is 441 g/mol. The van der Waals surface area contributed by atoms with Crippen molar-refractivity contribution in [3.8, 4) is 22.9 Å². The first kappa shape index (κ1) is 21.8. The second-order valence-corrected chi connectivity index (χ2v) is 7.40. The van der Waals surface area contributed by atoms with Crippen molar-refractivity contribution in [1.82, 2.24) is 15.0 Å². The molecule has 0 aliphatic rings. The Morgan fingerprint density at radius 1 is 0.879 bits per heavy atom. The van der Waals surface area contributed by atoms with Gasteiger partial charge in [0.05, 0.1) is 11.3 Å². The van der Waals surface area contributed by atoms with Crippen molar-refractivity contribution >= 4 is 23.4 Å². The van der Waals surface area contributed by atoms with E-state index in [9.17, 15) is 4.79 Å². The van der Waals surface area contributed by atoms with Crippen LogP contribution in [-0.2, 0) is 0 Å². The zero-order valence-corrected chi connectivity index (χ0v) is 18.6.